The summed E-state index contributed by atoms with van der Waals surface area (Å²) in [5, 5.41) is 9.16. The number of carboxylic acid groups (broad SMARTS) is 1. The summed E-state index contributed by atoms with van der Waals surface area (Å²) in [4.78, 5) is 15.1. The average Bonchev–Trinajstić information content (AvgIpc) is 2.15. The van der Waals surface area contributed by atoms with E-state index in [1.807, 2.05) is 13.8 Å². The molecule has 0 aliphatic heterocycles. The largest absolute Gasteiger partial charge is 0.481 e. The summed E-state index contributed by atoms with van der Waals surface area (Å²) in [5.41, 5.74) is 0.797. The van der Waals surface area contributed by atoms with Crippen LogP contribution in [0.15, 0.2) is 22.9 Å². The summed E-state index contributed by atoms with van der Waals surface area (Å²) in [6, 6.07) is 1.76. The second-order valence-corrected chi connectivity index (χ2v) is 4.77. The van der Waals surface area contributed by atoms with Crippen molar-refractivity contribution < 1.29 is 9.90 Å². The maximum Gasteiger partial charge on any atom is 0.311 e. The van der Waals surface area contributed by atoms with Gasteiger partial charge in [-0.25, -0.2) is 0 Å². The van der Waals surface area contributed by atoms with Gasteiger partial charge in [0.05, 0.1) is 5.92 Å². The molecule has 3 nitrogen and oxygen atoms in total. The first kappa shape index (κ1) is 12.2. The molecule has 1 heterocycles. The number of halogens is 1. The van der Waals surface area contributed by atoms with Crippen LogP contribution in [-0.2, 0) is 4.79 Å². The molecule has 0 aliphatic carbocycles. The molecule has 0 aliphatic rings. The molecule has 1 unspecified atom stereocenters. The lowest BCUT2D eigenvalue weighted by molar-refractivity contribution is -0.139. The van der Waals surface area contributed by atoms with Crippen LogP contribution in [0.1, 0.15) is 31.7 Å². The lowest BCUT2D eigenvalue weighted by Gasteiger charge is -2.15. The molecular formula is C11H14BrNO2. The highest BCUT2D eigenvalue weighted by atomic mass is 79.9. The predicted octanol–water partition coefficient (Wildman–Crippen LogP) is 3.06. The van der Waals surface area contributed by atoms with Gasteiger partial charge in [0, 0.05) is 16.9 Å². The van der Waals surface area contributed by atoms with Crippen LogP contribution < -0.4 is 0 Å². The predicted molar refractivity (Wildman–Crippen MR) is 61.8 cm³/mol. The standard InChI is InChI=1S/C11H14BrNO2/c1-7(2)5-9(11(14)15)8-3-4-13-6-10(8)12/h3-4,6-7,9H,5H2,1-2H3,(H,14,15). The zero-order valence-corrected chi connectivity index (χ0v) is 10.4. The molecular weight excluding hydrogens is 258 g/mol. The van der Waals surface area contributed by atoms with E-state index in [9.17, 15) is 4.79 Å². The van der Waals surface area contributed by atoms with Crippen LogP contribution in [0.2, 0.25) is 0 Å². The van der Waals surface area contributed by atoms with Gasteiger partial charge < -0.3 is 5.11 Å². The Labute approximate surface area is 97.7 Å². The van der Waals surface area contributed by atoms with Crippen LogP contribution in [0.5, 0.6) is 0 Å². The highest BCUT2D eigenvalue weighted by molar-refractivity contribution is 9.10. The SMILES string of the molecule is CC(C)CC(C(=O)O)c1ccncc1Br. The van der Waals surface area contributed by atoms with Gasteiger partial charge in [-0.2, -0.15) is 0 Å². The molecule has 0 aromatic carbocycles. The van der Waals surface area contributed by atoms with Gasteiger partial charge in [0.1, 0.15) is 0 Å². The third kappa shape index (κ3) is 3.30. The van der Waals surface area contributed by atoms with Crippen LogP contribution in [0, 0.1) is 5.92 Å². The van der Waals surface area contributed by atoms with Crippen molar-refractivity contribution in [3.05, 3.63) is 28.5 Å². The fourth-order valence-electron chi connectivity index (χ4n) is 1.50. The molecule has 82 valence electrons. The van der Waals surface area contributed by atoms with Crippen LogP contribution in [0.25, 0.3) is 0 Å². The molecule has 1 N–H and O–H groups in total. The number of rotatable bonds is 4. The molecule has 0 saturated heterocycles. The Morgan fingerprint density at radius 3 is 2.73 bits per heavy atom. The minimum absolute atomic E-state index is 0.353. The maximum atomic E-state index is 11.1. The summed E-state index contributed by atoms with van der Waals surface area (Å²) in [6.45, 7) is 4.04. The summed E-state index contributed by atoms with van der Waals surface area (Å²) in [5.74, 6) is -0.885. The Morgan fingerprint density at radius 2 is 2.27 bits per heavy atom. The monoisotopic (exact) mass is 271 g/mol. The van der Waals surface area contributed by atoms with E-state index in [2.05, 4.69) is 20.9 Å². The van der Waals surface area contributed by atoms with Crippen LogP contribution in [0.4, 0.5) is 0 Å². The van der Waals surface area contributed by atoms with Gasteiger partial charge in [0.25, 0.3) is 0 Å². The second kappa shape index (κ2) is 5.26. The third-order valence-corrected chi connectivity index (χ3v) is 2.85. The van der Waals surface area contributed by atoms with E-state index in [1.165, 1.54) is 0 Å². The Morgan fingerprint density at radius 1 is 1.60 bits per heavy atom. The van der Waals surface area contributed by atoms with Gasteiger partial charge >= 0.3 is 5.97 Å². The molecule has 15 heavy (non-hydrogen) atoms. The fourth-order valence-corrected chi connectivity index (χ4v) is 2.03. The zero-order valence-electron chi connectivity index (χ0n) is 8.77. The van der Waals surface area contributed by atoms with Crippen LogP contribution in [0.3, 0.4) is 0 Å². The van der Waals surface area contributed by atoms with E-state index in [1.54, 1.807) is 18.5 Å². The minimum atomic E-state index is -0.782. The molecule has 1 rings (SSSR count). The van der Waals surface area contributed by atoms with Gasteiger partial charge in [0.15, 0.2) is 0 Å². The number of aliphatic carboxylic acids is 1. The molecule has 0 amide bonds. The van der Waals surface area contributed by atoms with Gasteiger partial charge in [-0.1, -0.05) is 13.8 Å². The normalized spacial score (nSPS) is 12.8. The van der Waals surface area contributed by atoms with Crippen molar-refractivity contribution >= 4 is 21.9 Å². The number of hydrogen-bond acceptors (Lipinski definition) is 2. The van der Waals surface area contributed by atoms with Gasteiger partial charge in [-0.3, -0.25) is 9.78 Å². The summed E-state index contributed by atoms with van der Waals surface area (Å²) < 4.78 is 0.762. The molecule has 0 bridgehead atoms. The fraction of sp³-hybridized carbons (Fsp3) is 0.455. The number of aromatic nitrogens is 1. The number of carboxylic acids is 1. The first-order chi connectivity index (χ1) is 7.02. The smallest absolute Gasteiger partial charge is 0.311 e. The molecule has 1 atom stereocenters. The van der Waals surface area contributed by atoms with Gasteiger partial charge in [-0.05, 0) is 39.9 Å². The summed E-state index contributed by atoms with van der Waals surface area (Å²) in [7, 11) is 0. The van der Waals surface area contributed by atoms with Crippen molar-refractivity contribution in [1.82, 2.24) is 4.98 Å². The molecule has 1 aromatic rings. The lowest BCUT2D eigenvalue weighted by atomic mass is 9.91. The lowest BCUT2D eigenvalue weighted by Crippen LogP contribution is -2.14. The molecule has 0 fully saturated rings. The van der Waals surface area contributed by atoms with Crippen molar-refractivity contribution in [2.45, 2.75) is 26.2 Å². The van der Waals surface area contributed by atoms with E-state index in [-0.39, 0.29) is 0 Å². The molecule has 0 spiro atoms. The van der Waals surface area contributed by atoms with E-state index in [0.717, 1.165) is 10.0 Å². The highest BCUT2D eigenvalue weighted by Gasteiger charge is 2.22. The van der Waals surface area contributed by atoms with E-state index in [0.29, 0.717) is 12.3 Å². The van der Waals surface area contributed by atoms with Gasteiger partial charge in [0.2, 0.25) is 0 Å². The van der Waals surface area contributed by atoms with E-state index >= 15 is 0 Å². The quantitative estimate of drug-likeness (QED) is 0.916. The minimum Gasteiger partial charge on any atom is -0.481 e. The first-order valence-electron chi connectivity index (χ1n) is 4.84. The number of hydrogen-bond donors (Lipinski definition) is 1. The Kier molecular flexibility index (Phi) is 4.27. The molecule has 0 radical (unpaired) electrons. The third-order valence-electron chi connectivity index (χ3n) is 2.18. The molecule has 0 saturated carbocycles. The summed E-state index contributed by atoms with van der Waals surface area (Å²) >= 11 is 3.33. The Hall–Kier alpha value is -0.900. The van der Waals surface area contributed by atoms with E-state index in [4.69, 9.17) is 5.11 Å². The molecule has 4 heteroatoms. The van der Waals surface area contributed by atoms with Gasteiger partial charge in [-0.15, -0.1) is 0 Å². The van der Waals surface area contributed by atoms with Crippen LogP contribution in [-0.4, -0.2) is 16.1 Å². The molecule has 1 aromatic heterocycles. The number of nitrogens with zero attached hydrogens (tertiary/aromatic N) is 1. The maximum absolute atomic E-state index is 11.1. The Balaban J connectivity index is 2.99. The topological polar surface area (TPSA) is 50.2 Å². The van der Waals surface area contributed by atoms with Crippen molar-refractivity contribution in [1.29, 1.82) is 0 Å². The van der Waals surface area contributed by atoms with Crippen molar-refractivity contribution in [2.24, 2.45) is 5.92 Å². The highest BCUT2D eigenvalue weighted by Crippen LogP contribution is 2.29. The van der Waals surface area contributed by atoms with E-state index < -0.39 is 11.9 Å². The zero-order chi connectivity index (χ0) is 11.4. The number of pyridine rings is 1. The second-order valence-electron chi connectivity index (χ2n) is 3.92. The Bertz CT molecular complexity index is 352. The van der Waals surface area contributed by atoms with Crippen molar-refractivity contribution in [2.75, 3.05) is 0 Å². The summed E-state index contributed by atoms with van der Waals surface area (Å²) in [6.07, 6.45) is 3.89. The average molecular weight is 272 g/mol. The van der Waals surface area contributed by atoms with Crippen molar-refractivity contribution in [3.63, 3.8) is 0 Å². The first-order valence-corrected chi connectivity index (χ1v) is 5.64. The number of carbonyl (C=O) groups is 1. The van der Waals surface area contributed by atoms with Crippen LogP contribution >= 0.6 is 15.9 Å². The van der Waals surface area contributed by atoms with Crippen molar-refractivity contribution in [3.8, 4) is 0 Å².